The molecule has 0 aliphatic carbocycles. The van der Waals surface area contributed by atoms with Gasteiger partial charge in [0.2, 0.25) is 0 Å². The molecule has 0 bridgehead atoms. The van der Waals surface area contributed by atoms with Gasteiger partial charge in [0.15, 0.2) is 0 Å². The number of fused-ring (bicyclic) bond motifs is 1. The molecular weight excluding hydrogens is 432 g/mol. The van der Waals surface area contributed by atoms with Crippen LogP contribution in [0.2, 0.25) is 0 Å². The molecule has 33 heavy (non-hydrogen) atoms. The third-order valence-electron chi connectivity index (χ3n) is 5.97. The topological polar surface area (TPSA) is 62.6 Å². The van der Waals surface area contributed by atoms with E-state index >= 15 is 0 Å². The van der Waals surface area contributed by atoms with Gasteiger partial charge in [0.05, 0.1) is 23.7 Å². The molecule has 4 aromatic rings. The van der Waals surface area contributed by atoms with E-state index < -0.39 is 0 Å². The maximum Gasteiger partial charge on any atom is 0.255 e. The minimum absolute atomic E-state index is 0.00621. The number of nitrogens with zero attached hydrogens (tertiary/aromatic N) is 1. The highest BCUT2D eigenvalue weighted by Crippen LogP contribution is 2.29. The molecule has 1 aliphatic rings. The van der Waals surface area contributed by atoms with E-state index in [4.69, 9.17) is 4.42 Å². The second-order valence-corrected chi connectivity index (χ2v) is 9.19. The second kappa shape index (κ2) is 9.16. The quantitative estimate of drug-likeness (QED) is 0.440. The first kappa shape index (κ1) is 21.3. The molecule has 5 rings (SSSR count). The zero-order valence-electron chi connectivity index (χ0n) is 18.3. The Kier molecular flexibility index (Phi) is 5.92. The van der Waals surface area contributed by atoms with Crippen LogP contribution < -0.4 is 5.32 Å². The first-order valence-corrected chi connectivity index (χ1v) is 12.1. The van der Waals surface area contributed by atoms with Crippen LogP contribution >= 0.6 is 11.8 Å². The first-order chi connectivity index (χ1) is 16.1. The molecule has 166 valence electrons. The summed E-state index contributed by atoms with van der Waals surface area (Å²) in [5.41, 5.74) is 5.06. The van der Waals surface area contributed by atoms with Gasteiger partial charge in [-0.05, 0) is 42.3 Å². The Hall–Kier alpha value is -3.51. The highest BCUT2D eigenvalue weighted by atomic mass is 32.2. The number of amides is 2. The molecule has 1 aromatic heterocycles. The van der Waals surface area contributed by atoms with Gasteiger partial charge in [-0.2, -0.15) is 0 Å². The third kappa shape index (κ3) is 4.26. The van der Waals surface area contributed by atoms with Crippen molar-refractivity contribution in [3.63, 3.8) is 0 Å². The second-order valence-electron chi connectivity index (χ2n) is 8.19. The summed E-state index contributed by atoms with van der Waals surface area (Å²) >= 11 is 1.71. The Bertz CT molecular complexity index is 1330. The van der Waals surface area contributed by atoms with E-state index in [9.17, 15) is 9.59 Å². The smallest absolute Gasteiger partial charge is 0.255 e. The monoisotopic (exact) mass is 456 g/mol. The van der Waals surface area contributed by atoms with Crippen LogP contribution in [-0.2, 0) is 0 Å². The lowest BCUT2D eigenvalue weighted by Gasteiger charge is -2.25. The minimum atomic E-state index is -0.161. The molecule has 1 aliphatic heterocycles. The summed E-state index contributed by atoms with van der Waals surface area (Å²) in [4.78, 5) is 28.3. The Balaban J connectivity index is 1.34. The molecule has 1 N–H and O–H groups in total. The Morgan fingerprint density at radius 3 is 2.73 bits per heavy atom. The number of thioether (sulfide) groups is 1. The van der Waals surface area contributed by atoms with Crippen LogP contribution in [0.1, 0.15) is 26.3 Å². The molecule has 6 heteroatoms. The van der Waals surface area contributed by atoms with E-state index in [2.05, 4.69) is 11.4 Å². The van der Waals surface area contributed by atoms with Crippen molar-refractivity contribution in [3.8, 4) is 11.1 Å². The van der Waals surface area contributed by atoms with Crippen molar-refractivity contribution >= 4 is 34.5 Å². The van der Waals surface area contributed by atoms with Crippen LogP contribution in [0.5, 0.6) is 0 Å². The summed E-state index contributed by atoms with van der Waals surface area (Å²) in [7, 11) is 0. The molecule has 5 nitrogen and oxygen atoms in total. The van der Waals surface area contributed by atoms with Crippen LogP contribution in [0.3, 0.4) is 0 Å². The van der Waals surface area contributed by atoms with Gasteiger partial charge in [-0.25, -0.2) is 0 Å². The lowest BCUT2D eigenvalue weighted by molar-refractivity contribution is 0.0737. The van der Waals surface area contributed by atoms with Crippen molar-refractivity contribution in [2.75, 3.05) is 18.2 Å². The van der Waals surface area contributed by atoms with Gasteiger partial charge in [0.1, 0.15) is 5.58 Å². The molecule has 1 atom stereocenters. The molecule has 2 heterocycles. The fraction of sp³-hybridized carbons (Fsp3) is 0.185. The lowest BCUT2D eigenvalue weighted by atomic mass is 9.97. The van der Waals surface area contributed by atoms with Crippen LogP contribution in [-0.4, -0.2) is 40.9 Å². The maximum atomic E-state index is 13.6. The Labute approximate surface area is 196 Å². The summed E-state index contributed by atoms with van der Waals surface area (Å²) in [6, 6.07) is 23.1. The third-order valence-corrected chi connectivity index (χ3v) is 7.05. The highest BCUT2D eigenvalue weighted by molar-refractivity contribution is 7.99. The molecule has 1 saturated heterocycles. The van der Waals surface area contributed by atoms with Crippen molar-refractivity contribution in [2.45, 2.75) is 13.0 Å². The van der Waals surface area contributed by atoms with Gasteiger partial charge in [0.25, 0.3) is 11.8 Å². The van der Waals surface area contributed by atoms with Gasteiger partial charge >= 0.3 is 0 Å². The Morgan fingerprint density at radius 2 is 1.85 bits per heavy atom. The van der Waals surface area contributed by atoms with E-state index in [1.807, 2.05) is 66.4 Å². The van der Waals surface area contributed by atoms with Crippen molar-refractivity contribution in [1.29, 1.82) is 0 Å². The first-order valence-electron chi connectivity index (χ1n) is 10.9. The van der Waals surface area contributed by atoms with E-state index in [0.29, 0.717) is 29.1 Å². The zero-order valence-corrected chi connectivity index (χ0v) is 19.1. The fourth-order valence-electron chi connectivity index (χ4n) is 4.26. The van der Waals surface area contributed by atoms with Crippen LogP contribution in [0.15, 0.2) is 83.5 Å². The number of aryl methyl sites for hydroxylation is 1. The van der Waals surface area contributed by atoms with Crippen LogP contribution in [0.25, 0.3) is 22.1 Å². The molecular formula is C27H24N2O3S. The minimum Gasteiger partial charge on any atom is -0.464 e. The van der Waals surface area contributed by atoms with E-state index in [1.165, 1.54) is 0 Å². The van der Waals surface area contributed by atoms with Gasteiger partial charge in [-0.15, -0.1) is 11.8 Å². The van der Waals surface area contributed by atoms with Crippen molar-refractivity contribution in [3.05, 3.63) is 95.7 Å². The molecule has 0 saturated carbocycles. The molecule has 1 fully saturated rings. The average molecular weight is 457 g/mol. The standard InChI is InChI=1S/C27H24N2O3S/c1-18-6-4-7-19(14-18)21-8-2-3-9-24(21)27(31)29-17-33-16-20(29)15-28-26(30)23-10-5-11-25-22(23)12-13-32-25/h2-14,20H,15-17H2,1H3,(H,28,30)/t20-/m1/s1. The number of furan rings is 1. The number of hydrogen-bond donors (Lipinski definition) is 1. The molecule has 0 unspecified atom stereocenters. The van der Waals surface area contributed by atoms with Crippen LogP contribution in [0.4, 0.5) is 0 Å². The fourth-order valence-corrected chi connectivity index (χ4v) is 5.46. The summed E-state index contributed by atoms with van der Waals surface area (Å²) in [6.07, 6.45) is 1.58. The largest absolute Gasteiger partial charge is 0.464 e. The van der Waals surface area contributed by atoms with E-state index in [0.717, 1.165) is 27.8 Å². The molecule has 2 amide bonds. The van der Waals surface area contributed by atoms with E-state index in [1.54, 1.807) is 30.2 Å². The Morgan fingerprint density at radius 1 is 1.03 bits per heavy atom. The van der Waals surface area contributed by atoms with Gasteiger partial charge < -0.3 is 14.6 Å². The molecule has 3 aromatic carbocycles. The number of nitrogens with one attached hydrogen (secondary N) is 1. The summed E-state index contributed by atoms with van der Waals surface area (Å²) in [5.74, 6) is 1.23. The number of hydrogen-bond acceptors (Lipinski definition) is 4. The van der Waals surface area contributed by atoms with Gasteiger partial charge in [-0.1, -0.05) is 54.1 Å². The SMILES string of the molecule is Cc1cccc(-c2ccccc2C(=O)N2CSC[C@H]2CNC(=O)c2cccc3occc23)c1. The van der Waals surface area contributed by atoms with Crippen LogP contribution in [0, 0.1) is 6.92 Å². The van der Waals surface area contributed by atoms with Gasteiger partial charge in [0, 0.05) is 23.2 Å². The lowest BCUT2D eigenvalue weighted by Crippen LogP contribution is -2.44. The summed E-state index contributed by atoms with van der Waals surface area (Å²) in [5, 5.41) is 3.81. The summed E-state index contributed by atoms with van der Waals surface area (Å²) in [6.45, 7) is 2.45. The van der Waals surface area contributed by atoms with Crippen molar-refractivity contribution in [2.24, 2.45) is 0 Å². The zero-order chi connectivity index (χ0) is 22.8. The van der Waals surface area contributed by atoms with Crippen molar-refractivity contribution < 1.29 is 14.0 Å². The predicted octanol–water partition coefficient (Wildman–Crippen LogP) is 5.35. The summed E-state index contributed by atoms with van der Waals surface area (Å²) < 4.78 is 5.40. The average Bonchev–Trinajstić information content (AvgIpc) is 3.51. The number of carbonyl (C=O) groups excluding carboxylic acids is 2. The number of benzene rings is 3. The van der Waals surface area contributed by atoms with Gasteiger partial charge in [-0.3, -0.25) is 9.59 Å². The maximum absolute atomic E-state index is 13.6. The van der Waals surface area contributed by atoms with E-state index in [-0.39, 0.29) is 17.9 Å². The predicted molar refractivity (Wildman–Crippen MR) is 132 cm³/mol. The molecule has 0 radical (unpaired) electrons. The molecule has 0 spiro atoms. The normalized spacial score (nSPS) is 15.7. The highest BCUT2D eigenvalue weighted by Gasteiger charge is 2.31. The van der Waals surface area contributed by atoms with Crippen molar-refractivity contribution in [1.82, 2.24) is 10.2 Å². The number of carbonyl (C=O) groups is 2. The number of rotatable bonds is 5.